The molecule has 2 aromatic rings. The van der Waals surface area contributed by atoms with Crippen molar-refractivity contribution in [2.24, 2.45) is 0 Å². The van der Waals surface area contributed by atoms with Crippen LogP contribution >= 0.6 is 46.4 Å². The van der Waals surface area contributed by atoms with Crippen LogP contribution in [0.4, 0.5) is 0 Å². The van der Waals surface area contributed by atoms with E-state index in [1.165, 1.54) is 11.8 Å². The molecule has 0 aliphatic heterocycles. The Morgan fingerprint density at radius 1 is 1.16 bits per heavy atom. The molecule has 1 heterocycles. The van der Waals surface area contributed by atoms with Gasteiger partial charge in [-0.2, -0.15) is 9.99 Å². The molecule has 98 valence electrons. The van der Waals surface area contributed by atoms with Gasteiger partial charge in [-0.1, -0.05) is 52.5 Å². The summed E-state index contributed by atoms with van der Waals surface area (Å²) >= 11 is 23.9. The maximum atomic E-state index is 9.20. The molecule has 0 bridgehead atoms. The SMILES string of the molecule is COn1c(Cl)c(Cl)c(C#N)c1-c1ccc(Cl)c(Cl)c1. The largest absolute Gasteiger partial charge is 0.416 e. The van der Waals surface area contributed by atoms with Gasteiger partial charge in [0.05, 0.1) is 15.1 Å². The highest BCUT2D eigenvalue weighted by molar-refractivity contribution is 6.43. The van der Waals surface area contributed by atoms with E-state index in [1.54, 1.807) is 18.2 Å². The number of rotatable bonds is 2. The molecule has 0 spiro atoms. The second-order valence-electron chi connectivity index (χ2n) is 3.55. The molecule has 0 atom stereocenters. The molecule has 0 amide bonds. The third kappa shape index (κ3) is 2.37. The fraction of sp³-hybridized carbons (Fsp3) is 0.0833. The van der Waals surface area contributed by atoms with Crippen LogP contribution in [0.5, 0.6) is 0 Å². The topological polar surface area (TPSA) is 38.0 Å². The zero-order valence-electron chi connectivity index (χ0n) is 9.55. The zero-order valence-corrected chi connectivity index (χ0v) is 12.6. The summed E-state index contributed by atoms with van der Waals surface area (Å²) in [7, 11) is 1.42. The van der Waals surface area contributed by atoms with E-state index >= 15 is 0 Å². The minimum atomic E-state index is 0.127. The third-order valence-corrected chi connectivity index (χ3v) is 4.05. The number of nitriles is 1. The van der Waals surface area contributed by atoms with Gasteiger partial charge in [0, 0.05) is 5.56 Å². The summed E-state index contributed by atoms with van der Waals surface area (Å²) in [6, 6.07) is 6.93. The summed E-state index contributed by atoms with van der Waals surface area (Å²) in [5, 5.41) is 10.2. The highest BCUT2D eigenvalue weighted by atomic mass is 35.5. The minimum Gasteiger partial charge on any atom is -0.416 e. The van der Waals surface area contributed by atoms with Crippen LogP contribution in [0.25, 0.3) is 11.3 Å². The van der Waals surface area contributed by atoms with Crippen LogP contribution in [-0.2, 0) is 0 Å². The number of benzene rings is 1. The lowest BCUT2D eigenvalue weighted by Gasteiger charge is -2.09. The van der Waals surface area contributed by atoms with Gasteiger partial charge in [-0.15, -0.1) is 0 Å². The van der Waals surface area contributed by atoms with E-state index in [0.717, 1.165) is 0 Å². The van der Waals surface area contributed by atoms with Gasteiger partial charge in [-0.05, 0) is 12.1 Å². The second-order valence-corrected chi connectivity index (χ2v) is 5.10. The first-order valence-corrected chi connectivity index (χ1v) is 6.52. The van der Waals surface area contributed by atoms with Crippen LogP contribution in [0.1, 0.15) is 5.56 Å². The van der Waals surface area contributed by atoms with Crippen LogP contribution in [0.3, 0.4) is 0 Å². The van der Waals surface area contributed by atoms with Crippen LogP contribution in [0.15, 0.2) is 18.2 Å². The number of nitrogens with zero attached hydrogens (tertiary/aromatic N) is 2. The van der Waals surface area contributed by atoms with Gasteiger partial charge in [0.2, 0.25) is 0 Å². The Labute approximate surface area is 129 Å². The van der Waals surface area contributed by atoms with Crippen molar-refractivity contribution in [3.63, 3.8) is 0 Å². The summed E-state index contributed by atoms with van der Waals surface area (Å²) < 4.78 is 1.27. The summed E-state index contributed by atoms with van der Waals surface area (Å²) in [5.41, 5.74) is 1.27. The quantitative estimate of drug-likeness (QED) is 0.797. The number of aromatic nitrogens is 1. The fourth-order valence-corrected chi connectivity index (χ4v) is 2.43. The van der Waals surface area contributed by atoms with Crippen molar-refractivity contribution in [2.75, 3.05) is 7.11 Å². The summed E-state index contributed by atoms with van der Waals surface area (Å²) in [4.78, 5) is 5.14. The average Bonchev–Trinajstić information content (AvgIpc) is 2.64. The first-order chi connectivity index (χ1) is 9.01. The molecule has 0 unspecified atom stereocenters. The van der Waals surface area contributed by atoms with Gasteiger partial charge in [0.1, 0.15) is 24.4 Å². The Bertz CT molecular complexity index is 688. The van der Waals surface area contributed by atoms with Crippen molar-refractivity contribution in [1.82, 2.24) is 4.73 Å². The molecular weight excluding hydrogens is 330 g/mol. The van der Waals surface area contributed by atoms with Crippen molar-refractivity contribution in [3.05, 3.63) is 44.0 Å². The van der Waals surface area contributed by atoms with Crippen LogP contribution < -0.4 is 4.84 Å². The van der Waals surface area contributed by atoms with Gasteiger partial charge in [0.15, 0.2) is 5.15 Å². The lowest BCUT2D eigenvalue weighted by molar-refractivity contribution is 0.173. The smallest absolute Gasteiger partial charge is 0.166 e. The molecule has 7 heteroatoms. The highest BCUT2D eigenvalue weighted by Crippen LogP contribution is 2.38. The van der Waals surface area contributed by atoms with Crippen LogP contribution in [0.2, 0.25) is 20.2 Å². The highest BCUT2D eigenvalue weighted by Gasteiger charge is 2.23. The van der Waals surface area contributed by atoms with Crippen LogP contribution in [-0.4, -0.2) is 11.8 Å². The maximum absolute atomic E-state index is 9.20. The molecule has 0 saturated carbocycles. The van der Waals surface area contributed by atoms with E-state index < -0.39 is 0 Å². The molecule has 1 aromatic carbocycles. The molecule has 2 rings (SSSR count). The van der Waals surface area contributed by atoms with Crippen molar-refractivity contribution in [3.8, 4) is 17.3 Å². The van der Waals surface area contributed by atoms with E-state index in [0.29, 0.717) is 21.3 Å². The lowest BCUT2D eigenvalue weighted by atomic mass is 10.1. The van der Waals surface area contributed by atoms with Crippen molar-refractivity contribution in [2.45, 2.75) is 0 Å². The Morgan fingerprint density at radius 3 is 2.37 bits per heavy atom. The monoisotopic (exact) mass is 334 g/mol. The predicted octanol–water partition coefficient (Wildman–Crippen LogP) is 4.70. The third-order valence-electron chi connectivity index (χ3n) is 2.51. The molecule has 0 aliphatic carbocycles. The molecule has 0 saturated heterocycles. The van der Waals surface area contributed by atoms with E-state index in [2.05, 4.69) is 0 Å². The normalized spacial score (nSPS) is 10.3. The fourth-order valence-electron chi connectivity index (χ4n) is 1.67. The standard InChI is InChI=1S/C12H6Cl4N2O/c1-19-18-11(7(5-17)10(15)12(18)16)6-2-3-8(13)9(14)4-6/h2-4H,1H3. The van der Waals surface area contributed by atoms with Gasteiger partial charge in [0.25, 0.3) is 0 Å². The number of halogens is 4. The van der Waals surface area contributed by atoms with E-state index in [1.807, 2.05) is 6.07 Å². The first-order valence-electron chi connectivity index (χ1n) is 5.01. The Morgan fingerprint density at radius 2 is 1.84 bits per heavy atom. The second kappa shape index (κ2) is 5.52. The first kappa shape index (κ1) is 14.4. The Kier molecular flexibility index (Phi) is 4.17. The molecule has 0 N–H and O–H groups in total. The molecule has 3 nitrogen and oxygen atoms in total. The number of hydrogen-bond acceptors (Lipinski definition) is 2. The van der Waals surface area contributed by atoms with E-state index in [9.17, 15) is 5.26 Å². The molecule has 19 heavy (non-hydrogen) atoms. The molecular formula is C12H6Cl4N2O. The predicted molar refractivity (Wildman–Crippen MR) is 77.1 cm³/mol. The average molecular weight is 336 g/mol. The maximum Gasteiger partial charge on any atom is 0.166 e. The molecule has 1 aromatic heterocycles. The van der Waals surface area contributed by atoms with Gasteiger partial charge in [-0.25, -0.2) is 0 Å². The summed E-state index contributed by atoms with van der Waals surface area (Å²) in [6.07, 6.45) is 0. The Hall–Kier alpha value is -1.05. The van der Waals surface area contributed by atoms with Crippen LogP contribution in [0, 0.1) is 11.3 Å². The van der Waals surface area contributed by atoms with Gasteiger partial charge in [-0.3, -0.25) is 0 Å². The minimum absolute atomic E-state index is 0.127. The summed E-state index contributed by atoms with van der Waals surface area (Å²) in [6.45, 7) is 0. The van der Waals surface area contributed by atoms with Gasteiger partial charge >= 0.3 is 0 Å². The molecule has 0 fully saturated rings. The van der Waals surface area contributed by atoms with Gasteiger partial charge < -0.3 is 4.84 Å². The summed E-state index contributed by atoms with van der Waals surface area (Å²) in [5.74, 6) is 0. The molecule has 0 aliphatic rings. The molecule has 0 radical (unpaired) electrons. The lowest BCUT2D eigenvalue weighted by Crippen LogP contribution is -2.07. The zero-order chi connectivity index (χ0) is 14.2. The van der Waals surface area contributed by atoms with E-state index in [-0.39, 0.29) is 15.7 Å². The Balaban J connectivity index is 2.77. The van der Waals surface area contributed by atoms with Crippen molar-refractivity contribution in [1.29, 1.82) is 5.26 Å². The van der Waals surface area contributed by atoms with Crippen molar-refractivity contribution >= 4 is 46.4 Å². The van der Waals surface area contributed by atoms with Crippen molar-refractivity contribution < 1.29 is 4.84 Å². The van der Waals surface area contributed by atoms with E-state index in [4.69, 9.17) is 51.2 Å². The number of hydrogen-bond donors (Lipinski definition) is 0.